The van der Waals surface area contributed by atoms with Gasteiger partial charge in [0.1, 0.15) is 0 Å². The summed E-state index contributed by atoms with van der Waals surface area (Å²) in [6, 6.07) is 6.14. The van der Waals surface area contributed by atoms with Gasteiger partial charge < -0.3 is 5.32 Å². The molecule has 0 aliphatic rings. The van der Waals surface area contributed by atoms with Gasteiger partial charge in [0.25, 0.3) is 0 Å². The predicted molar refractivity (Wildman–Crippen MR) is 66.7 cm³/mol. The number of carbonyl (C=O) groups excluding carboxylic acids is 2. The van der Waals surface area contributed by atoms with Gasteiger partial charge in [-0.2, -0.15) is 0 Å². The molecule has 0 saturated heterocycles. The van der Waals surface area contributed by atoms with Crippen LogP contribution in [-0.2, 0) is 4.79 Å². The summed E-state index contributed by atoms with van der Waals surface area (Å²) in [6.07, 6.45) is 1.10. The lowest BCUT2D eigenvalue weighted by Gasteiger charge is -2.08. The van der Waals surface area contributed by atoms with E-state index in [9.17, 15) is 9.59 Å². The van der Waals surface area contributed by atoms with Gasteiger partial charge in [0.05, 0.1) is 0 Å². The van der Waals surface area contributed by atoms with Crippen molar-refractivity contribution in [3.63, 3.8) is 0 Å². The van der Waals surface area contributed by atoms with Crippen molar-refractivity contribution >= 4 is 29.2 Å². The first-order valence-corrected chi connectivity index (χ1v) is 5.61. The molecule has 0 aliphatic carbocycles. The standard InChI is InChI=1S/C11H14ClN3O2/c1-2-3-10(16)14-15-11(17)13-9-6-4-8(12)5-7-9/h4-7H,2-3H2,1H3,(H,14,16)(H2,13,15,17). The summed E-state index contributed by atoms with van der Waals surface area (Å²) >= 11 is 5.70. The molecule has 0 spiro atoms. The maximum absolute atomic E-state index is 11.3. The third kappa shape index (κ3) is 5.21. The summed E-state index contributed by atoms with van der Waals surface area (Å²) in [7, 11) is 0. The van der Waals surface area contributed by atoms with Gasteiger partial charge in [0.2, 0.25) is 5.91 Å². The summed E-state index contributed by atoms with van der Waals surface area (Å²) in [5, 5.41) is 3.13. The van der Waals surface area contributed by atoms with Crippen LogP contribution in [0.4, 0.5) is 10.5 Å². The van der Waals surface area contributed by atoms with E-state index in [1.807, 2.05) is 6.92 Å². The van der Waals surface area contributed by atoms with E-state index in [0.717, 1.165) is 6.42 Å². The predicted octanol–water partition coefficient (Wildman–Crippen LogP) is 2.29. The summed E-state index contributed by atoms with van der Waals surface area (Å²) < 4.78 is 0. The summed E-state index contributed by atoms with van der Waals surface area (Å²) in [6.45, 7) is 1.88. The van der Waals surface area contributed by atoms with Crippen LogP contribution in [0.25, 0.3) is 0 Å². The first-order chi connectivity index (χ1) is 8.11. The molecule has 0 aromatic heterocycles. The van der Waals surface area contributed by atoms with Gasteiger partial charge >= 0.3 is 6.03 Å². The number of rotatable bonds is 3. The molecule has 3 amide bonds. The lowest BCUT2D eigenvalue weighted by molar-refractivity contribution is -0.121. The lowest BCUT2D eigenvalue weighted by atomic mass is 10.3. The highest BCUT2D eigenvalue weighted by atomic mass is 35.5. The fraction of sp³-hybridized carbons (Fsp3) is 0.273. The molecule has 0 radical (unpaired) electrons. The van der Waals surface area contributed by atoms with E-state index in [2.05, 4.69) is 16.2 Å². The van der Waals surface area contributed by atoms with Crippen LogP contribution in [0.2, 0.25) is 5.02 Å². The van der Waals surface area contributed by atoms with Crippen LogP contribution in [0.5, 0.6) is 0 Å². The minimum atomic E-state index is -0.503. The van der Waals surface area contributed by atoms with Crippen molar-refractivity contribution in [1.29, 1.82) is 0 Å². The Bertz CT molecular complexity index is 392. The molecule has 3 N–H and O–H groups in total. The largest absolute Gasteiger partial charge is 0.337 e. The zero-order valence-corrected chi connectivity index (χ0v) is 10.2. The quantitative estimate of drug-likeness (QED) is 0.726. The number of hydrazine groups is 1. The Morgan fingerprint density at radius 2 is 1.82 bits per heavy atom. The molecule has 0 bridgehead atoms. The summed E-state index contributed by atoms with van der Waals surface area (Å²) in [5.74, 6) is -0.223. The molecule has 0 aliphatic heterocycles. The Hall–Kier alpha value is -1.75. The van der Waals surface area contributed by atoms with Crippen LogP contribution in [0, 0.1) is 0 Å². The van der Waals surface area contributed by atoms with Crippen LogP contribution >= 0.6 is 11.6 Å². The maximum atomic E-state index is 11.3. The molecular formula is C11H14ClN3O2. The minimum Gasteiger partial charge on any atom is -0.307 e. The lowest BCUT2D eigenvalue weighted by Crippen LogP contribution is -2.43. The molecule has 5 nitrogen and oxygen atoms in total. The molecule has 0 fully saturated rings. The molecule has 1 aromatic rings. The summed E-state index contributed by atoms with van der Waals surface area (Å²) in [5.41, 5.74) is 5.13. The van der Waals surface area contributed by atoms with Crippen LogP contribution in [-0.4, -0.2) is 11.9 Å². The molecule has 17 heavy (non-hydrogen) atoms. The van der Waals surface area contributed by atoms with Crippen molar-refractivity contribution < 1.29 is 9.59 Å². The maximum Gasteiger partial charge on any atom is 0.337 e. The van der Waals surface area contributed by atoms with Gasteiger partial charge in [0.15, 0.2) is 0 Å². The number of anilines is 1. The Labute approximate surface area is 105 Å². The SMILES string of the molecule is CCCC(=O)NNC(=O)Nc1ccc(Cl)cc1. The van der Waals surface area contributed by atoms with Crippen LogP contribution in [0.15, 0.2) is 24.3 Å². The number of amides is 3. The van der Waals surface area contributed by atoms with Gasteiger partial charge in [-0.05, 0) is 30.7 Å². The van der Waals surface area contributed by atoms with Gasteiger partial charge in [-0.15, -0.1) is 0 Å². The first kappa shape index (κ1) is 13.3. The number of hydrogen-bond donors (Lipinski definition) is 3. The highest BCUT2D eigenvalue weighted by Crippen LogP contribution is 2.12. The fourth-order valence-electron chi connectivity index (χ4n) is 1.11. The van der Waals surface area contributed by atoms with Crippen molar-refractivity contribution in [3.05, 3.63) is 29.3 Å². The van der Waals surface area contributed by atoms with Crippen LogP contribution in [0.3, 0.4) is 0 Å². The van der Waals surface area contributed by atoms with E-state index in [4.69, 9.17) is 11.6 Å². The molecule has 92 valence electrons. The van der Waals surface area contributed by atoms with Gasteiger partial charge in [-0.25, -0.2) is 10.2 Å². The average molecular weight is 256 g/mol. The second kappa shape index (κ2) is 6.75. The zero-order valence-electron chi connectivity index (χ0n) is 9.42. The van der Waals surface area contributed by atoms with E-state index >= 15 is 0 Å². The van der Waals surface area contributed by atoms with E-state index in [-0.39, 0.29) is 5.91 Å². The van der Waals surface area contributed by atoms with Crippen molar-refractivity contribution in [1.82, 2.24) is 10.9 Å². The van der Waals surface area contributed by atoms with Crippen molar-refractivity contribution in [2.24, 2.45) is 0 Å². The summed E-state index contributed by atoms with van der Waals surface area (Å²) in [4.78, 5) is 22.4. The van der Waals surface area contributed by atoms with E-state index in [1.165, 1.54) is 0 Å². The zero-order chi connectivity index (χ0) is 12.7. The number of halogens is 1. The number of hydrogen-bond acceptors (Lipinski definition) is 2. The molecule has 0 unspecified atom stereocenters. The average Bonchev–Trinajstić information content (AvgIpc) is 2.30. The number of urea groups is 1. The monoisotopic (exact) mass is 255 g/mol. The Balaban J connectivity index is 2.34. The molecule has 0 saturated carbocycles. The highest BCUT2D eigenvalue weighted by molar-refractivity contribution is 6.30. The number of nitrogens with one attached hydrogen (secondary N) is 3. The Morgan fingerprint density at radius 3 is 2.41 bits per heavy atom. The Kier molecular flexibility index (Phi) is 5.29. The molecule has 1 aromatic carbocycles. The molecule has 0 atom stereocenters. The number of benzene rings is 1. The topological polar surface area (TPSA) is 70.2 Å². The van der Waals surface area contributed by atoms with E-state index in [0.29, 0.717) is 17.1 Å². The molecular weight excluding hydrogens is 242 g/mol. The van der Waals surface area contributed by atoms with Gasteiger partial charge in [-0.3, -0.25) is 10.2 Å². The third-order valence-corrected chi connectivity index (χ3v) is 2.15. The van der Waals surface area contributed by atoms with E-state index < -0.39 is 6.03 Å². The van der Waals surface area contributed by atoms with Crippen molar-refractivity contribution in [2.75, 3.05) is 5.32 Å². The van der Waals surface area contributed by atoms with Gasteiger partial charge in [0, 0.05) is 17.1 Å². The molecule has 6 heteroatoms. The first-order valence-electron chi connectivity index (χ1n) is 5.23. The molecule has 1 rings (SSSR count). The second-order valence-corrected chi connectivity index (χ2v) is 3.82. The van der Waals surface area contributed by atoms with Crippen LogP contribution in [0.1, 0.15) is 19.8 Å². The van der Waals surface area contributed by atoms with Crippen molar-refractivity contribution in [3.8, 4) is 0 Å². The third-order valence-electron chi connectivity index (χ3n) is 1.89. The second-order valence-electron chi connectivity index (χ2n) is 3.38. The molecule has 0 heterocycles. The number of carbonyl (C=O) groups is 2. The fourth-order valence-corrected chi connectivity index (χ4v) is 1.24. The normalized spacial score (nSPS) is 9.53. The van der Waals surface area contributed by atoms with Gasteiger partial charge in [-0.1, -0.05) is 18.5 Å². The smallest absolute Gasteiger partial charge is 0.307 e. The van der Waals surface area contributed by atoms with Crippen molar-refractivity contribution in [2.45, 2.75) is 19.8 Å². The van der Waals surface area contributed by atoms with E-state index in [1.54, 1.807) is 24.3 Å². The van der Waals surface area contributed by atoms with Crippen LogP contribution < -0.4 is 16.2 Å². The highest BCUT2D eigenvalue weighted by Gasteiger charge is 2.03. The Morgan fingerprint density at radius 1 is 1.18 bits per heavy atom. The minimum absolute atomic E-state index is 0.223.